The van der Waals surface area contributed by atoms with Crippen LogP contribution in [-0.2, 0) is 46.4 Å². The number of ether oxygens (including phenoxy) is 2. The van der Waals surface area contributed by atoms with Crippen LogP contribution in [0.4, 0.5) is 0 Å². The molecule has 15 heteroatoms. The smallest absolute Gasteiger partial charge is 0.298 e. The summed E-state index contributed by atoms with van der Waals surface area (Å²) in [6.07, 6.45) is 5.80. The van der Waals surface area contributed by atoms with Gasteiger partial charge in [0.2, 0.25) is 11.8 Å². The summed E-state index contributed by atoms with van der Waals surface area (Å²) in [5.74, 6) is 3.93. The van der Waals surface area contributed by atoms with Gasteiger partial charge in [-0.25, -0.2) is 5.43 Å². The average molecular weight is 969 g/mol. The first-order valence-corrected chi connectivity index (χ1v) is 25.5. The SMILES string of the molecule is CCn1c2c(c3cc(-c4cccc(CC(NC(=O)[C@H](C(C)C)N(C)C(=O)[C@H]5CCN(C(=O)C#C[C@]6(C)CCCN6C)C5)C(=O)N5CCCCN5)c4)ccc31)C(C(C)(C)COC=O)[C@H](OC)c1ncccc1-2. The molecule has 1 aliphatic carbocycles. The molecule has 0 radical (unpaired) electrons. The summed E-state index contributed by atoms with van der Waals surface area (Å²) in [6.45, 7) is 16.4. The lowest BCUT2D eigenvalue weighted by molar-refractivity contribution is -0.145. The first kappa shape index (κ1) is 51.3. The molecule has 3 fully saturated rings. The van der Waals surface area contributed by atoms with E-state index in [2.05, 4.69) is 96.1 Å². The Morgan fingerprint density at radius 1 is 1.04 bits per heavy atom. The maximum atomic E-state index is 14.6. The molecular weight excluding hydrogens is 897 g/mol. The van der Waals surface area contributed by atoms with E-state index in [0.29, 0.717) is 39.1 Å². The van der Waals surface area contributed by atoms with Crippen molar-refractivity contribution in [3.8, 4) is 34.2 Å². The van der Waals surface area contributed by atoms with E-state index in [1.165, 1.54) is 4.90 Å². The van der Waals surface area contributed by atoms with E-state index in [0.717, 1.165) is 82.3 Å². The van der Waals surface area contributed by atoms with E-state index in [-0.39, 0.29) is 54.7 Å². The summed E-state index contributed by atoms with van der Waals surface area (Å²) in [4.78, 5) is 78.2. The van der Waals surface area contributed by atoms with Crippen molar-refractivity contribution >= 4 is 41.0 Å². The molecule has 378 valence electrons. The van der Waals surface area contributed by atoms with Crippen LogP contribution < -0.4 is 10.7 Å². The van der Waals surface area contributed by atoms with Gasteiger partial charge in [0.25, 0.3) is 18.3 Å². The molecule has 3 aliphatic heterocycles. The second kappa shape index (κ2) is 21.3. The standard InChI is InChI=1S/C56H72N8O7/c1-10-63-44-20-19-39(32-42(44)46-47(55(4,5)34-71-35-65)51(70-9)48-41(50(46)63)18-14-25-57-48)38-17-13-16-37(30-38)31-43(54(69)64-28-12-11-26-58-64)59-52(67)49(36(2)3)61(8)53(68)40-22-29-62(33-40)45(66)21-24-56(6)23-15-27-60(56)7/h13-14,16-20,25,30,32,35-36,40,43,47,49,51,58H,10-12,15,22-23,26-29,31,33-34H2,1-9H3,(H,59,67)/t40-,43?,47?,49-,51-,56-/m0/s1. The highest BCUT2D eigenvalue weighted by Gasteiger charge is 2.47. The fourth-order valence-corrected chi connectivity index (χ4v) is 11.7. The van der Waals surface area contributed by atoms with Gasteiger partial charge in [-0.3, -0.25) is 38.9 Å². The van der Waals surface area contributed by atoms with Crippen molar-refractivity contribution in [1.82, 2.24) is 40.0 Å². The molecule has 4 amide bonds. The van der Waals surface area contributed by atoms with Gasteiger partial charge in [0.1, 0.15) is 18.2 Å². The Hall–Kier alpha value is -6.08. The van der Waals surface area contributed by atoms with E-state index >= 15 is 0 Å². The average Bonchev–Trinajstić information content (AvgIpc) is 4.09. The van der Waals surface area contributed by atoms with Gasteiger partial charge in [0.05, 0.1) is 29.5 Å². The third kappa shape index (κ3) is 10.2. The van der Waals surface area contributed by atoms with Crippen LogP contribution in [0.1, 0.15) is 102 Å². The molecule has 71 heavy (non-hydrogen) atoms. The molecule has 15 nitrogen and oxygen atoms in total. The van der Waals surface area contributed by atoms with Crippen LogP contribution in [0.2, 0.25) is 0 Å². The molecule has 6 atom stereocenters. The second-order valence-corrected chi connectivity index (χ2v) is 21.2. The molecule has 0 spiro atoms. The van der Waals surface area contributed by atoms with E-state index in [4.69, 9.17) is 14.5 Å². The lowest BCUT2D eigenvalue weighted by Gasteiger charge is -2.42. The van der Waals surface area contributed by atoms with E-state index in [9.17, 15) is 24.0 Å². The largest absolute Gasteiger partial charge is 0.467 e. The fourth-order valence-electron chi connectivity index (χ4n) is 11.7. The van der Waals surface area contributed by atoms with Crippen molar-refractivity contribution in [1.29, 1.82) is 0 Å². The van der Waals surface area contributed by atoms with Gasteiger partial charge in [-0.15, -0.1) is 0 Å². The van der Waals surface area contributed by atoms with Crippen LogP contribution in [0.5, 0.6) is 0 Å². The first-order valence-electron chi connectivity index (χ1n) is 25.5. The molecule has 4 aliphatic rings. The number of fused-ring (bicyclic) bond motifs is 5. The number of methoxy groups -OCH3 is 1. The van der Waals surface area contributed by atoms with Crippen LogP contribution in [0.25, 0.3) is 33.3 Å². The monoisotopic (exact) mass is 969 g/mol. The third-order valence-electron chi connectivity index (χ3n) is 15.6. The normalized spacial score (nSPS) is 22.0. The number of nitrogens with one attached hydrogen (secondary N) is 2. The van der Waals surface area contributed by atoms with Crippen molar-refractivity contribution in [2.45, 2.75) is 116 Å². The molecule has 2 unspecified atom stereocenters. The number of aromatic nitrogens is 2. The van der Waals surface area contributed by atoms with Crippen LogP contribution in [0, 0.1) is 29.1 Å². The summed E-state index contributed by atoms with van der Waals surface area (Å²) >= 11 is 0. The van der Waals surface area contributed by atoms with Crippen LogP contribution in [0.3, 0.4) is 0 Å². The van der Waals surface area contributed by atoms with Crippen LogP contribution in [0.15, 0.2) is 60.8 Å². The molecule has 5 heterocycles. The van der Waals surface area contributed by atoms with Gasteiger partial charge < -0.3 is 29.2 Å². The Morgan fingerprint density at radius 3 is 2.52 bits per heavy atom. The molecule has 8 rings (SSSR count). The Kier molecular flexibility index (Phi) is 15.4. The van der Waals surface area contributed by atoms with Gasteiger partial charge >= 0.3 is 0 Å². The number of hydrogen-bond acceptors (Lipinski definition) is 10. The summed E-state index contributed by atoms with van der Waals surface area (Å²) in [6, 6.07) is 16.9. The number of hydrogen-bond donors (Lipinski definition) is 2. The van der Waals surface area contributed by atoms with Gasteiger partial charge in [0, 0.05) is 87.3 Å². The number of likely N-dealkylation sites (N-methyl/N-ethyl adjacent to an activating group) is 1. The summed E-state index contributed by atoms with van der Waals surface area (Å²) in [5.41, 5.74) is 10.2. The summed E-state index contributed by atoms with van der Waals surface area (Å²) in [5, 5.41) is 5.80. The van der Waals surface area contributed by atoms with Crippen LogP contribution in [-0.4, -0.2) is 138 Å². The van der Waals surface area contributed by atoms with Gasteiger partial charge in [-0.05, 0) is 118 Å². The Balaban J connectivity index is 1.06. The number of rotatable bonds is 15. The lowest BCUT2D eigenvalue weighted by Crippen LogP contribution is -2.59. The number of carbonyl (C=O) groups excluding carboxylic acids is 5. The molecule has 2 N–H and O–H groups in total. The van der Waals surface area contributed by atoms with Crippen molar-refractivity contribution in [3.63, 3.8) is 0 Å². The molecule has 4 aromatic rings. The minimum absolute atomic E-state index is 0.187. The quantitative estimate of drug-likeness (QED) is 0.102. The van der Waals surface area contributed by atoms with Crippen molar-refractivity contribution in [2.75, 3.05) is 60.5 Å². The van der Waals surface area contributed by atoms with Gasteiger partial charge in [0.15, 0.2) is 0 Å². The summed E-state index contributed by atoms with van der Waals surface area (Å²) in [7, 11) is 5.38. The number of aryl methyl sites for hydroxylation is 1. The molecule has 2 aromatic carbocycles. The van der Waals surface area contributed by atoms with Crippen molar-refractivity contribution in [3.05, 3.63) is 77.6 Å². The van der Waals surface area contributed by atoms with Gasteiger partial charge in [-0.1, -0.05) is 63.9 Å². The number of carbonyl (C=O) groups is 5. The minimum atomic E-state index is -0.934. The molecular formula is C56H72N8O7. The number of likely N-dealkylation sites (tertiary alicyclic amines) is 2. The lowest BCUT2D eigenvalue weighted by atomic mass is 9.67. The molecule has 0 bridgehead atoms. The van der Waals surface area contributed by atoms with E-state index in [1.807, 2.05) is 39.1 Å². The Morgan fingerprint density at radius 2 is 1.83 bits per heavy atom. The topological polar surface area (TPSA) is 159 Å². The maximum absolute atomic E-state index is 14.6. The molecule has 3 saturated heterocycles. The highest BCUT2D eigenvalue weighted by molar-refractivity contribution is 5.98. The third-order valence-corrected chi connectivity index (χ3v) is 15.6. The highest BCUT2D eigenvalue weighted by Crippen LogP contribution is 2.57. The molecule has 2 aromatic heterocycles. The number of nitrogens with zero attached hydrogens (tertiary/aromatic N) is 6. The fraction of sp³-hybridized carbons (Fsp3) is 0.536. The number of benzene rings is 2. The predicted molar refractivity (Wildman–Crippen MR) is 273 cm³/mol. The zero-order valence-electron chi connectivity index (χ0n) is 43.0. The summed E-state index contributed by atoms with van der Waals surface area (Å²) < 4.78 is 14.1. The minimum Gasteiger partial charge on any atom is -0.467 e. The zero-order valence-corrected chi connectivity index (χ0v) is 43.0. The predicted octanol–water partition coefficient (Wildman–Crippen LogP) is 6.35. The second-order valence-electron chi connectivity index (χ2n) is 21.2. The highest BCUT2D eigenvalue weighted by atomic mass is 16.5. The zero-order chi connectivity index (χ0) is 50.8. The molecule has 0 saturated carbocycles. The van der Waals surface area contributed by atoms with E-state index in [1.54, 1.807) is 30.3 Å². The number of amides is 4. The number of hydrazine groups is 1. The van der Waals surface area contributed by atoms with Crippen LogP contribution >= 0.6 is 0 Å². The maximum Gasteiger partial charge on any atom is 0.298 e. The van der Waals surface area contributed by atoms with E-state index < -0.39 is 35.4 Å². The van der Waals surface area contributed by atoms with Gasteiger partial charge in [-0.2, -0.15) is 0 Å². The Labute approximate surface area is 418 Å². The number of pyridine rings is 1. The van der Waals surface area contributed by atoms with Crippen molar-refractivity contribution in [2.24, 2.45) is 17.3 Å². The van der Waals surface area contributed by atoms with Crippen molar-refractivity contribution < 1.29 is 33.4 Å². The first-order chi connectivity index (χ1) is 34.0. The Bertz CT molecular complexity index is 2720.